The van der Waals surface area contributed by atoms with Crippen molar-refractivity contribution in [1.82, 2.24) is 10.6 Å². The van der Waals surface area contributed by atoms with Crippen molar-refractivity contribution in [2.45, 2.75) is 31.7 Å². The summed E-state index contributed by atoms with van der Waals surface area (Å²) in [5, 5.41) is 6.23. The van der Waals surface area contributed by atoms with E-state index < -0.39 is 0 Å². The topological polar surface area (TPSA) is 41.1 Å². The Morgan fingerprint density at radius 2 is 2.24 bits per heavy atom. The van der Waals surface area contributed by atoms with Gasteiger partial charge in [0, 0.05) is 6.54 Å². The molecule has 1 aromatic carbocycles. The molecule has 2 rings (SSSR count). The average Bonchev–Trinajstić information content (AvgIpc) is 2.90. The number of hydrogen-bond acceptors (Lipinski definition) is 2. The Kier molecular flexibility index (Phi) is 4.15. The van der Waals surface area contributed by atoms with Crippen LogP contribution in [0.1, 0.15) is 31.2 Å². The first-order chi connectivity index (χ1) is 8.27. The molecule has 1 aromatic rings. The van der Waals surface area contributed by atoms with Gasteiger partial charge in [0.15, 0.2) is 0 Å². The number of carbonyl (C=O) groups is 1. The van der Waals surface area contributed by atoms with Gasteiger partial charge in [0.2, 0.25) is 5.91 Å². The van der Waals surface area contributed by atoms with E-state index in [0.717, 1.165) is 19.4 Å². The molecule has 0 aromatic heterocycles. The predicted octanol–water partition coefficient (Wildman–Crippen LogP) is 1.66. The fourth-order valence-electron chi connectivity index (χ4n) is 2.18. The number of amides is 1. The van der Waals surface area contributed by atoms with E-state index in [1.807, 2.05) is 18.2 Å². The van der Waals surface area contributed by atoms with Crippen LogP contribution in [0.15, 0.2) is 30.3 Å². The smallest absolute Gasteiger partial charge is 0.237 e. The molecule has 1 unspecified atom stereocenters. The summed E-state index contributed by atoms with van der Waals surface area (Å²) in [5.74, 6) is 0.506. The molecule has 0 aliphatic carbocycles. The molecule has 0 bridgehead atoms. The molecule has 1 aliphatic rings. The van der Waals surface area contributed by atoms with Crippen LogP contribution in [0.3, 0.4) is 0 Å². The lowest BCUT2D eigenvalue weighted by Crippen LogP contribution is -2.41. The van der Waals surface area contributed by atoms with Gasteiger partial charge in [-0.3, -0.25) is 4.79 Å². The van der Waals surface area contributed by atoms with E-state index in [2.05, 4.69) is 29.7 Å². The van der Waals surface area contributed by atoms with Gasteiger partial charge in [0.1, 0.15) is 0 Å². The van der Waals surface area contributed by atoms with E-state index in [1.54, 1.807) is 0 Å². The molecule has 1 heterocycles. The highest BCUT2D eigenvalue weighted by molar-refractivity contribution is 5.82. The highest BCUT2D eigenvalue weighted by Gasteiger charge is 2.21. The predicted molar refractivity (Wildman–Crippen MR) is 68.9 cm³/mol. The number of nitrogens with one attached hydrogen (secondary N) is 2. The minimum Gasteiger partial charge on any atom is -0.354 e. The van der Waals surface area contributed by atoms with E-state index in [1.165, 1.54) is 5.56 Å². The van der Waals surface area contributed by atoms with Crippen LogP contribution < -0.4 is 10.6 Å². The molecule has 3 nitrogen and oxygen atoms in total. The molecule has 92 valence electrons. The second-order valence-corrected chi connectivity index (χ2v) is 4.71. The lowest BCUT2D eigenvalue weighted by Gasteiger charge is -2.15. The second-order valence-electron chi connectivity index (χ2n) is 4.71. The first-order valence-electron chi connectivity index (χ1n) is 6.33. The molecule has 0 saturated carbocycles. The van der Waals surface area contributed by atoms with Crippen molar-refractivity contribution in [3.05, 3.63) is 35.9 Å². The zero-order valence-corrected chi connectivity index (χ0v) is 10.3. The van der Waals surface area contributed by atoms with Gasteiger partial charge in [-0.05, 0) is 30.9 Å². The molecule has 2 atom stereocenters. The van der Waals surface area contributed by atoms with E-state index >= 15 is 0 Å². The molecule has 0 spiro atoms. The van der Waals surface area contributed by atoms with Crippen LogP contribution in [0.4, 0.5) is 0 Å². The second kappa shape index (κ2) is 5.82. The Balaban J connectivity index is 1.80. The fraction of sp³-hybridized carbons (Fsp3) is 0.500. The SMILES string of the molecule is CC(CNC(=O)[C@H]1CCCN1)c1ccccc1. The maximum Gasteiger partial charge on any atom is 0.237 e. The van der Waals surface area contributed by atoms with Gasteiger partial charge in [-0.25, -0.2) is 0 Å². The van der Waals surface area contributed by atoms with Crippen LogP contribution in [0, 0.1) is 0 Å². The van der Waals surface area contributed by atoms with E-state index in [4.69, 9.17) is 0 Å². The normalized spacial score (nSPS) is 21.1. The van der Waals surface area contributed by atoms with Crippen LogP contribution in [0.5, 0.6) is 0 Å². The van der Waals surface area contributed by atoms with Gasteiger partial charge in [-0.1, -0.05) is 37.3 Å². The van der Waals surface area contributed by atoms with Crippen molar-refractivity contribution >= 4 is 5.91 Å². The molecule has 1 amide bonds. The Bertz CT molecular complexity index is 358. The first kappa shape index (κ1) is 12.1. The van der Waals surface area contributed by atoms with Gasteiger partial charge in [0.25, 0.3) is 0 Å². The molecular weight excluding hydrogens is 212 g/mol. The standard InChI is InChI=1S/C14H20N2O/c1-11(12-6-3-2-4-7-12)10-16-14(17)13-8-5-9-15-13/h2-4,6-7,11,13,15H,5,8-10H2,1H3,(H,16,17)/t11?,13-/m1/s1. The van der Waals surface area contributed by atoms with Crippen LogP contribution >= 0.6 is 0 Å². The van der Waals surface area contributed by atoms with Gasteiger partial charge in [0.05, 0.1) is 6.04 Å². The molecular formula is C14H20N2O. The lowest BCUT2D eigenvalue weighted by atomic mass is 10.0. The fourth-order valence-corrected chi connectivity index (χ4v) is 2.18. The molecule has 2 N–H and O–H groups in total. The minimum atomic E-state index is 0.0259. The van der Waals surface area contributed by atoms with Crippen LogP contribution in [-0.2, 0) is 4.79 Å². The zero-order valence-electron chi connectivity index (χ0n) is 10.3. The van der Waals surface area contributed by atoms with Crippen molar-refractivity contribution < 1.29 is 4.79 Å². The summed E-state index contributed by atoms with van der Waals surface area (Å²) in [4.78, 5) is 11.8. The van der Waals surface area contributed by atoms with Crippen molar-refractivity contribution in [3.8, 4) is 0 Å². The quantitative estimate of drug-likeness (QED) is 0.829. The van der Waals surface area contributed by atoms with Gasteiger partial charge < -0.3 is 10.6 Å². The zero-order chi connectivity index (χ0) is 12.1. The Morgan fingerprint density at radius 3 is 2.88 bits per heavy atom. The highest BCUT2D eigenvalue weighted by atomic mass is 16.2. The van der Waals surface area contributed by atoms with Gasteiger partial charge >= 0.3 is 0 Å². The summed E-state index contributed by atoms with van der Waals surface area (Å²) in [6.45, 7) is 3.81. The van der Waals surface area contributed by atoms with Crippen molar-refractivity contribution in [2.75, 3.05) is 13.1 Å². The van der Waals surface area contributed by atoms with E-state index in [0.29, 0.717) is 12.5 Å². The molecule has 3 heteroatoms. The van der Waals surface area contributed by atoms with Crippen LogP contribution in [0.25, 0.3) is 0 Å². The van der Waals surface area contributed by atoms with E-state index in [-0.39, 0.29) is 11.9 Å². The minimum absolute atomic E-state index is 0.0259. The monoisotopic (exact) mass is 232 g/mol. The third-order valence-electron chi connectivity index (χ3n) is 3.33. The number of rotatable bonds is 4. The van der Waals surface area contributed by atoms with Crippen molar-refractivity contribution in [3.63, 3.8) is 0 Å². The number of hydrogen-bond donors (Lipinski definition) is 2. The Hall–Kier alpha value is -1.35. The largest absolute Gasteiger partial charge is 0.354 e. The summed E-state index contributed by atoms with van der Waals surface area (Å²) < 4.78 is 0. The summed E-state index contributed by atoms with van der Waals surface area (Å²) in [7, 11) is 0. The van der Waals surface area contributed by atoms with Crippen LogP contribution in [0.2, 0.25) is 0 Å². The summed E-state index contributed by atoms with van der Waals surface area (Å²) in [5.41, 5.74) is 1.27. The van der Waals surface area contributed by atoms with Crippen molar-refractivity contribution in [1.29, 1.82) is 0 Å². The Morgan fingerprint density at radius 1 is 1.47 bits per heavy atom. The average molecular weight is 232 g/mol. The molecule has 1 saturated heterocycles. The number of carbonyl (C=O) groups excluding carboxylic acids is 1. The third-order valence-corrected chi connectivity index (χ3v) is 3.33. The lowest BCUT2D eigenvalue weighted by molar-refractivity contribution is -0.122. The van der Waals surface area contributed by atoms with Gasteiger partial charge in [-0.15, -0.1) is 0 Å². The van der Waals surface area contributed by atoms with Crippen molar-refractivity contribution in [2.24, 2.45) is 0 Å². The summed E-state index contributed by atoms with van der Waals surface area (Å²) in [6, 6.07) is 10.3. The maximum atomic E-state index is 11.8. The van der Waals surface area contributed by atoms with Gasteiger partial charge in [-0.2, -0.15) is 0 Å². The van der Waals surface area contributed by atoms with Crippen LogP contribution in [-0.4, -0.2) is 25.0 Å². The van der Waals surface area contributed by atoms with E-state index in [9.17, 15) is 4.79 Å². The summed E-state index contributed by atoms with van der Waals surface area (Å²) >= 11 is 0. The molecule has 1 fully saturated rings. The Labute approximate surface area is 103 Å². The molecule has 0 radical (unpaired) electrons. The first-order valence-corrected chi connectivity index (χ1v) is 6.33. The molecule has 17 heavy (non-hydrogen) atoms. The maximum absolute atomic E-state index is 11.8. The summed E-state index contributed by atoms with van der Waals surface area (Å²) in [6.07, 6.45) is 2.07. The molecule has 1 aliphatic heterocycles. The highest BCUT2D eigenvalue weighted by Crippen LogP contribution is 2.13. The third kappa shape index (κ3) is 3.30. The number of benzene rings is 1.